The molecule has 0 heterocycles. The topological polar surface area (TPSA) is 17.1 Å². The predicted molar refractivity (Wildman–Crippen MR) is 62.2 cm³/mol. The first-order valence-electron chi connectivity index (χ1n) is 5.61. The predicted octanol–water partition coefficient (Wildman–Crippen LogP) is 3.95. The maximum Gasteiger partial charge on any atom is 0.128 e. The lowest BCUT2D eigenvalue weighted by atomic mass is 9.79. The van der Waals surface area contributed by atoms with E-state index in [9.17, 15) is 9.18 Å². The van der Waals surface area contributed by atoms with E-state index in [1.165, 1.54) is 6.07 Å². The monoisotopic (exact) mass is 240 g/mol. The maximum atomic E-state index is 13.7. The summed E-state index contributed by atoms with van der Waals surface area (Å²) in [6, 6.07) is 4.86. The Labute approximate surface area is 99.6 Å². The number of carbonyl (C=O) groups is 1. The van der Waals surface area contributed by atoms with Gasteiger partial charge in [-0.2, -0.15) is 0 Å². The van der Waals surface area contributed by atoms with Crippen LogP contribution in [0.1, 0.15) is 37.2 Å². The van der Waals surface area contributed by atoms with Gasteiger partial charge in [-0.25, -0.2) is 4.39 Å². The third-order valence-electron chi connectivity index (χ3n) is 3.37. The fourth-order valence-electron chi connectivity index (χ4n) is 2.40. The van der Waals surface area contributed by atoms with Crippen LogP contribution in [0.25, 0.3) is 0 Å². The van der Waals surface area contributed by atoms with Crippen molar-refractivity contribution in [2.45, 2.75) is 31.6 Å². The Morgan fingerprint density at radius 3 is 2.50 bits per heavy atom. The molecular formula is C13H14ClFO. The second kappa shape index (κ2) is 4.96. The Hall–Kier alpha value is -0.890. The molecule has 1 aliphatic rings. The molecule has 0 unspecified atom stereocenters. The molecule has 0 radical (unpaired) electrons. The minimum Gasteiger partial charge on any atom is -0.303 e. The molecule has 0 saturated heterocycles. The summed E-state index contributed by atoms with van der Waals surface area (Å²) in [5.74, 6) is 0.196. The second-order valence-electron chi connectivity index (χ2n) is 4.41. The third kappa shape index (κ3) is 2.43. The van der Waals surface area contributed by atoms with E-state index in [-0.39, 0.29) is 17.7 Å². The molecule has 0 atom stereocenters. The van der Waals surface area contributed by atoms with E-state index < -0.39 is 0 Å². The summed E-state index contributed by atoms with van der Waals surface area (Å²) >= 11 is 5.72. The van der Waals surface area contributed by atoms with E-state index >= 15 is 0 Å². The molecule has 1 saturated carbocycles. The number of carbonyl (C=O) groups excluding carboxylic acids is 1. The molecule has 0 aromatic heterocycles. The Bertz CT molecular complexity index is 384. The van der Waals surface area contributed by atoms with E-state index in [0.29, 0.717) is 5.02 Å². The van der Waals surface area contributed by atoms with Crippen molar-refractivity contribution in [3.05, 3.63) is 34.6 Å². The van der Waals surface area contributed by atoms with Crippen LogP contribution in [0, 0.1) is 11.7 Å². The smallest absolute Gasteiger partial charge is 0.128 e. The molecule has 1 aromatic carbocycles. The molecule has 86 valence electrons. The van der Waals surface area contributed by atoms with Gasteiger partial charge in [0.2, 0.25) is 0 Å². The summed E-state index contributed by atoms with van der Waals surface area (Å²) in [6.45, 7) is 0. The van der Waals surface area contributed by atoms with Crippen LogP contribution in [-0.4, -0.2) is 6.29 Å². The Morgan fingerprint density at radius 1 is 1.25 bits per heavy atom. The molecule has 0 N–H and O–H groups in total. The zero-order chi connectivity index (χ0) is 11.5. The maximum absolute atomic E-state index is 13.7. The number of hydrogen-bond acceptors (Lipinski definition) is 1. The molecule has 1 aromatic rings. The average molecular weight is 241 g/mol. The molecule has 1 nitrogen and oxygen atoms in total. The van der Waals surface area contributed by atoms with Crippen molar-refractivity contribution in [1.82, 2.24) is 0 Å². The quantitative estimate of drug-likeness (QED) is 0.716. The van der Waals surface area contributed by atoms with Crippen molar-refractivity contribution in [3.63, 3.8) is 0 Å². The fraction of sp³-hybridized carbons (Fsp3) is 0.462. The van der Waals surface area contributed by atoms with Gasteiger partial charge in [0.1, 0.15) is 12.1 Å². The van der Waals surface area contributed by atoms with E-state index in [1.807, 2.05) is 0 Å². The van der Waals surface area contributed by atoms with E-state index in [2.05, 4.69) is 0 Å². The van der Waals surface area contributed by atoms with Crippen LogP contribution in [-0.2, 0) is 4.79 Å². The van der Waals surface area contributed by atoms with Gasteiger partial charge in [-0.05, 0) is 49.3 Å². The van der Waals surface area contributed by atoms with Gasteiger partial charge in [-0.3, -0.25) is 0 Å². The van der Waals surface area contributed by atoms with E-state index in [1.54, 1.807) is 12.1 Å². The van der Waals surface area contributed by atoms with Gasteiger partial charge >= 0.3 is 0 Å². The number of benzene rings is 1. The third-order valence-corrected chi connectivity index (χ3v) is 3.60. The van der Waals surface area contributed by atoms with Crippen LogP contribution in [0.15, 0.2) is 18.2 Å². The molecule has 0 spiro atoms. The molecule has 0 bridgehead atoms. The van der Waals surface area contributed by atoms with Gasteiger partial charge in [0.15, 0.2) is 0 Å². The summed E-state index contributed by atoms with van der Waals surface area (Å²) in [4.78, 5) is 10.6. The first-order chi connectivity index (χ1) is 7.70. The largest absolute Gasteiger partial charge is 0.303 e. The number of halogens is 2. The summed E-state index contributed by atoms with van der Waals surface area (Å²) in [5.41, 5.74) is 0.744. The van der Waals surface area contributed by atoms with Crippen molar-refractivity contribution in [1.29, 1.82) is 0 Å². The second-order valence-corrected chi connectivity index (χ2v) is 4.85. The molecule has 0 amide bonds. The van der Waals surface area contributed by atoms with Crippen molar-refractivity contribution < 1.29 is 9.18 Å². The van der Waals surface area contributed by atoms with Crippen LogP contribution in [0.4, 0.5) is 4.39 Å². The van der Waals surface area contributed by atoms with Crippen molar-refractivity contribution in [2.75, 3.05) is 0 Å². The molecule has 1 aliphatic carbocycles. The van der Waals surface area contributed by atoms with Gasteiger partial charge in [-0.1, -0.05) is 17.7 Å². The number of aldehydes is 1. The normalized spacial score (nSPS) is 25.4. The summed E-state index contributed by atoms with van der Waals surface area (Å²) in [6.07, 6.45) is 4.55. The highest BCUT2D eigenvalue weighted by Crippen LogP contribution is 2.36. The van der Waals surface area contributed by atoms with Crippen LogP contribution in [0.5, 0.6) is 0 Å². The Kier molecular flexibility index (Phi) is 3.59. The minimum absolute atomic E-state index is 0.173. The van der Waals surface area contributed by atoms with Gasteiger partial charge in [0.25, 0.3) is 0 Å². The van der Waals surface area contributed by atoms with Gasteiger partial charge in [-0.15, -0.1) is 0 Å². The zero-order valence-electron chi connectivity index (χ0n) is 8.96. The Morgan fingerprint density at radius 2 is 1.94 bits per heavy atom. The lowest BCUT2D eigenvalue weighted by Gasteiger charge is -2.26. The number of rotatable bonds is 2. The minimum atomic E-state index is -0.220. The van der Waals surface area contributed by atoms with Crippen LogP contribution in [0.2, 0.25) is 5.02 Å². The highest BCUT2D eigenvalue weighted by Gasteiger charge is 2.23. The molecule has 0 aliphatic heterocycles. The van der Waals surface area contributed by atoms with Crippen LogP contribution < -0.4 is 0 Å². The standard InChI is InChI=1S/C13H14ClFO/c14-11-5-6-12(13(15)7-11)10-3-1-9(8-16)2-4-10/h5-10H,1-4H2. The Balaban J connectivity index is 2.11. The van der Waals surface area contributed by atoms with Crippen molar-refractivity contribution in [2.24, 2.45) is 5.92 Å². The first-order valence-corrected chi connectivity index (χ1v) is 5.98. The zero-order valence-corrected chi connectivity index (χ0v) is 9.71. The average Bonchev–Trinajstić information content (AvgIpc) is 2.29. The van der Waals surface area contributed by atoms with Gasteiger partial charge in [0.05, 0.1) is 0 Å². The van der Waals surface area contributed by atoms with E-state index in [4.69, 9.17) is 11.6 Å². The lowest BCUT2D eigenvalue weighted by molar-refractivity contribution is -0.111. The van der Waals surface area contributed by atoms with E-state index in [0.717, 1.165) is 37.5 Å². The highest BCUT2D eigenvalue weighted by atomic mass is 35.5. The molecular weight excluding hydrogens is 227 g/mol. The highest BCUT2D eigenvalue weighted by molar-refractivity contribution is 6.30. The molecule has 1 fully saturated rings. The molecule has 3 heteroatoms. The van der Waals surface area contributed by atoms with Crippen LogP contribution in [0.3, 0.4) is 0 Å². The number of hydrogen-bond donors (Lipinski definition) is 0. The lowest BCUT2D eigenvalue weighted by Crippen LogP contribution is -2.15. The van der Waals surface area contributed by atoms with Crippen molar-refractivity contribution >= 4 is 17.9 Å². The summed E-state index contributed by atoms with van der Waals surface area (Å²) < 4.78 is 13.7. The van der Waals surface area contributed by atoms with Gasteiger partial charge < -0.3 is 4.79 Å². The van der Waals surface area contributed by atoms with Crippen molar-refractivity contribution in [3.8, 4) is 0 Å². The SMILES string of the molecule is O=CC1CCC(c2ccc(Cl)cc2F)CC1. The summed E-state index contributed by atoms with van der Waals surface area (Å²) in [5, 5.41) is 0.433. The fourth-order valence-corrected chi connectivity index (χ4v) is 2.56. The molecule has 16 heavy (non-hydrogen) atoms. The van der Waals surface area contributed by atoms with Crippen LogP contribution >= 0.6 is 11.6 Å². The molecule has 2 rings (SSSR count). The van der Waals surface area contributed by atoms with Gasteiger partial charge in [0, 0.05) is 10.9 Å². The first kappa shape index (κ1) is 11.6. The summed E-state index contributed by atoms with van der Waals surface area (Å²) in [7, 11) is 0.